The summed E-state index contributed by atoms with van der Waals surface area (Å²) < 4.78 is 26.5. The van der Waals surface area contributed by atoms with E-state index in [1.54, 1.807) is 11.8 Å². The van der Waals surface area contributed by atoms with Crippen LogP contribution in [0.3, 0.4) is 0 Å². The zero-order valence-electron chi connectivity index (χ0n) is 17.8. The second-order valence-electron chi connectivity index (χ2n) is 7.67. The van der Waals surface area contributed by atoms with E-state index in [0.717, 1.165) is 29.8 Å². The van der Waals surface area contributed by atoms with Gasteiger partial charge in [-0.1, -0.05) is 31.2 Å². The maximum absolute atomic E-state index is 13.4. The van der Waals surface area contributed by atoms with Gasteiger partial charge in [0, 0.05) is 31.9 Å². The summed E-state index contributed by atoms with van der Waals surface area (Å²) in [6.07, 6.45) is 0.841. The van der Waals surface area contributed by atoms with Crippen LogP contribution in [0.5, 0.6) is 0 Å². The van der Waals surface area contributed by atoms with Crippen LogP contribution < -0.4 is 10.6 Å². The predicted octanol–water partition coefficient (Wildman–Crippen LogP) is 3.55. The molecule has 1 saturated heterocycles. The van der Waals surface area contributed by atoms with Gasteiger partial charge in [0.25, 0.3) is 0 Å². The van der Waals surface area contributed by atoms with E-state index in [-0.39, 0.29) is 18.5 Å². The summed E-state index contributed by atoms with van der Waals surface area (Å²) in [5, 5.41) is 5.78. The Balaban J connectivity index is 1.45. The Morgan fingerprint density at radius 1 is 1.03 bits per heavy atom. The molecule has 1 aliphatic heterocycles. The van der Waals surface area contributed by atoms with Crippen molar-refractivity contribution in [3.63, 3.8) is 0 Å². The minimum atomic E-state index is -0.938. The topological polar surface area (TPSA) is 64.7 Å². The molecule has 2 aromatic rings. The highest BCUT2D eigenvalue weighted by Crippen LogP contribution is 2.17. The van der Waals surface area contributed by atoms with E-state index >= 15 is 0 Å². The van der Waals surface area contributed by atoms with Gasteiger partial charge < -0.3 is 15.5 Å². The summed E-state index contributed by atoms with van der Waals surface area (Å²) in [4.78, 5) is 28.6. The molecule has 166 valence electrons. The van der Waals surface area contributed by atoms with Crippen molar-refractivity contribution in [2.24, 2.45) is 0 Å². The molecule has 1 aliphatic rings. The number of carbonyl (C=O) groups is 2. The quantitative estimate of drug-likeness (QED) is 0.737. The number of piperazine rings is 1. The number of nitrogens with zero attached hydrogens (tertiary/aromatic N) is 2. The lowest BCUT2D eigenvalue weighted by Crippen LogP contribution is -2.53. The van der Waals surface area contributed by atoms with Crippen LogP contribution in [0, 0.1) is 11.6 Å². The minimum absolute atomic E-state index is 0.0780. The van der Waals surface area contributed by atoms with Crippen LogP contribution >= 0.6 is 0 Å². The Labute approximate surface area is 181 Å². The van der Waals surface area contributed by atoms with Crippen molar-refractivity contribution >= 4 is 17.6 Å². The van der Waals surface area contributed by atoms with Gasteiger partial charge in [0.05, 0.1) is 12.6 Å². The summed E-state index contributed by atoms with van der Waals surface area (Å²) in [5.41, 5.74) is 2.42. The first kappa shape index (κ1) is 22.7. The molecular formula is C23H28F2N4O2. The first-order valence-electron chi connectivity index (χ1n) is 10.5. The number of nitrogens with one attached hydrogen (secondary N) is 2. The monoisotopic (exact) mass is 430 g/mol. The number of para-hydroxylation sites is 1. The number of hydrogen-bond acceptors (Lipinski definition) is 3. The SMILES string of the molecule is CCc1ccccc1NC(=O)CN1CCN(C(=O)NC(C)c2ccc(F)c(F)c2)CC1. The smallest absolute Gasteiger partial charge is 0.317 e. The molecule has 0 saturated carbocycles. The molecule has 3 rings (SSSR count). The maximum Gasteiger partial charge on any atom is 0.317 e. The summed E-state index contributed by atoms with van der Waals surface area (Å²) in [5.74, 6) is -1.93. The van der Waals surface area contributed by atoms with E-state index in [0.29, 0.717) is 31.7 Å². The fourth-order valence-corrected chi connectivity index (χ4v) is 3.59. The number of hydrogen-bond donors (Lipinski definition) is 2. The van der Waals surface area contributed by atoms with Crippen LogP contribution in [0.25, 0.3) is 0 Å². The average Bonchev–Trinajstić information content (AvgIpc) is 2.76. The average molecular weight is 430 g/mol. The number of halogens is 2. The lowest BCUT2D eigenvalue weighted by molar-refractivity contribution is -0.117. The molecular weight excluding hydrogens is 402 g/mol. The van der Waals surface area contributed by atoms with Gasteiger partial charge >= 0.3 is 6.03 Å². The normalized spacial score (nSPS) is 15.4. The molecule has 1 atom stereocenters. The molecule has 0 aromatic heterocycles. The molecule has 0 spiro atoms. The second kappa shape index (κ2) is 10.3. The second-order valence-corrected chi connectivity index (χ2v) is 7.67. The van der Waals surface area contributed by atoms with Crippen LogP contribution in [0.4, 0.5) is 19.3 Å². The molecule has 31 heavy (non-hydrogen) atoms. The Kier molecular flexibility index (Phi) is 7.57. The molecule has 6 nitrogen and oxygen atoms in total. The number of rotatable bonds is 6. The fourth-order valence-electron chi connectivity index (χ4n) is 3.59. The summed E-state index contributed by atoms with van der Waals surface area (Å²) >= 11 is 0. The van der Waals surface area contributed by atoms with Crippen molar-refractivity contribution in [1.29, 1.82) is 0 Å². The van der Waals surface area contributed by atoms with E-state index in [2.05, 4.69) is 10.6 Å². The Morgan fingerprint density at radius 2 is 1.74 bits per heavy atom. The predicted molar refractivity (Wildman–Crippen MR) is 116 cm³/mol. The van der Waals surface area contributed by atoms with Gasteiger partial charge in [-0.2, -0.15) is 0 Å². The van der Waals surface area contributed by atoms with E-state index in [9.17, 15) is 18.4 Å². The van der Waals surface area contributed by atoms with E-state index in [4.69, 9.17) is 0 Å². The molecule has 8 heteroatoms. The van der Waals surface area contributed by atoms with Crippen molar-refractivity contribution in [2.75, 3.05) is 38.0 Å². The lowest BCUT2D eigenvalue weighted by Gasteiger charge is -2.35. The van der Waals surface area contributed by atoms with Gasteiger partial charge in [0.15, 0.2) is 11.6 Å². The summed E-state index contributed by atoms with van der Waals surface area (Å²) in [6.45, 7) is 6.15. The first-order chi connectivity index (χ1) is 14.9. The highest BCUT2D eigenvalue weighted by Gasteiger charge is 2.24. The molecule has 0 radical (unpaired) electrons. The standard InChI is InChI=1S/C23H28F2N4O2/c1-3-17-6-4-5-7-21(17)27-22(30)15-28-10-12-29(13-11-28)23(31)26-16(2)18-8-9-19(24)20(25)14-18/h4-9,14,16H,3,10-13,15H2,1-2H3,(H,26,31)(H,27,30). The van der Waals surface area contributed by atoms with Crippen LogP contribution in [-0.4, -0.2) is 54.5 Å². The first-order valence-corrected chi connectivity index (χ1v) is 10.5. The third-order valence-corrected chi connectivity index (χ3v) is 5.48. The molecule has 3 amide bonds. The molecule has 1 fully saturated rings. The van der Waals surface area contributed by atoms with Crippen molar-refractivity contribution in [3.05, 3.63) is 65.2 Å². The van der Waals surface area contributed by atoms with Crippen molar-refractivity contribution in [2.45, 2.75) is 26.3 Å². The molecule has 1 heterocycles. The van der Waals surface area contributed by atoms with Gasteiger partial charge in [0.2, 0.25) is 5.91 Å². The van der Waals surface area contributed by atoms with E-state index in [1.165, 1.54) is 6.07 Å². The van der Waals surface area contributed by atoms with E-state index < -0.39 is 17.7 Å². The highest BCUT2D eigenvalue weighted by molar-refractivity contribution is 5.93. The van der Waals surface area contributed by atoms with Crippen LogP contribution in [0.15, 0.2) is 42.5 Å². The number of anilines is 1. The number of amides is 3. The summed E-state index contributed by atoms with van der Waals surface area (Å²) in [6, 6.07) is 10.6. The van der Waals surface area contributed by atoms with Gasteiger partial charge in [-0.15, -0.1) is 0 Å². The molecule has 2 aromatic carbocycles. The van der Waals surface area contributed by atoms with Gasteiger partial charge in [-0.25, -0.2) is 13.6 Å². The Hall–Kier alpha value is -3.00. The van der Waals surface area contributed by atoms with E-state index in [1.807, 2.05) is 36.1 Å². The number of benzene rings is 2. The largest absolute Gasteiger partial charge is 0.331 e. The Bertz CT molecular complexity index is 930. The molecule has 2 N–H and O–H groups in total. The minimum Gasteiger partial charge on any atom is -0.331 e. The van der Waals surface area contributed by atoms with Gasteiger partial charge in [-0.3, -0.25) is 9.69 Å². The highest BCUT2D eigenvalue weighted by atomic mass is 19.2. The van der Waals surface area contributed by atoms with Crippen molar-refractivity contribution < 1.29 is 18.4 Å². The van der Waals surface area contributed by atoms with Crippen LogP contribution in [0.1, 0.15) is 31.0 Å². The lowest BCUT2D eigenvalue weighted by atomic mass is 10.1. The molecule has 0 aliphatic carbocycles. The number of urea groups is 1. The zero-order valence-corrected chi connectivity index (χ0v) is 17.8. The van der Waals surface area contributed by atoms with Gasteiger partial charge in [0.1, 0.15) is 0 Å². The van der Waals surface area contributed by atoms with Crippen LogP contribution in [-0.2, 0) is 11.2 Å². The third-order valence-electron chi connectivity index (χ3n) is 5.48. The maximum atomic E-state index is 13.4. The molecule has 0 bridgehead atoms. The Morgan fingerprint density at radius 3 is 2.42 bits per heavy atom. The van der Waals surface area contributed by atoms with Gasteiger partial charge in [-0.05, 0) is 42.7 Å². The van der Waals surface area contributed by atoms with Crippen molar-refractivity contribution in [1.82, 2.24) is 15.1 Å². The molecule has 1 unspecified atom stereocenters. The zero-order chi connectivity index (χ0) is 22.4. The third kappa shape index (κ3) is 6.01. The fraction of sp³-hybridized carbons (Fsp3) is 0.391. The van der Waals surface area contributed by atoms with Crippen LogP contribution in [0.2, 0.25) is 0 Å². The summed E-state index contributed by atoms with van der Waals surface area (Å²) in [7, 11) is 0. The number of carbonyl (C=O) groups excluding carboxylic acids is 2. The van der Waals surface area contributed by atoms with Crippen molar-refractivity contribution in [3.8, 4) is 0 Å². The number of aryl methyl sites for hydroxylation is 1.